The van der Waals surface area contributed by atoms with Crippen molar-refractivity contribution in [2.45, 2.75) is 45.6 Å². The van der Waals surface area contributed by atoms with Gasteiger partial charge in [-0.1, -0.05) is 13.8 Å². The number of nitrogen functional groups attached to an aromatic ring is 1. The Morgan fingerprint density at radius 3 is 2.20 bits per heavy atom. The van der Waals surface area contributed by atoms with Gasteiger partial charge in [0, 0.05) is 23.8 Å². The lowest BCUT2D eigenvalue weighted by Crippen LogP contribution is -2.39. The van der Waals surface area contributed by atoms with Crippen LogP contribution in [0.3, 0.4) is 0 Å². The highest BCUT2D eigenvalue weighted by molar-refractivity contribution is 7.89. The normalized spacial score (nSPS) is 12.7. The first-order valence-electron chi connectivity index (χ1n) is 6.64. The summed E-state index contributed by atoms with van der Waals surface area (Å²) in [6.07, 6.45) is 0. The fraction of sp³-hybridized carbons (Fsp3) is 0.571. The molecule has 1 aromatic rings. The van der Waals surface area contributed by atoms with E-state index in [1.807, 2.05) is 13.8 Å². The molecule has 2 N–H and O–H groups in total. The molecule has 0 aliphatic heterocycles. The van der Waals surface area contributed by atoms with Gasteiger partial charge in [-0.25, -0.2) is 12.8 Å². The number of sulfonamides is 1. The SMILES string of the molecule is Cc1c(N)cc(S(=O)(=O)N(CC(C)C)C(C)C)cc1F. The molecule has 0 saturated carbocycles. The number of hydrogen-bond acceptors (Lipinski definition) is 3. The molecule has 0 radical (unpaired) electrons. The van der Waals surface area contributed by atoms with Gasteiger partial charge >= 0.3 is 0 Å². The largest absolute Gasteiger partial charge is 0.398 e. The average molecular weight is 302 g/mol. The Morgan fingerprint density at radius 1 is 1.25 bits per heavy atom. The molecular weight excluding hydrogens is 279 g/mol. The smallest absolute Gasteiger partial charge is 0.243 e. The van der Waals surface area contributed by atoms with Gasteiger partial charge in [0.1, 0.15) is 5.82 Å². The lowest BCUT2D eigenvalue weighted by molar-refractivity contribution is 0.318. The van der Waals surface area contributed by atoms with Crippen LogP contribution in [0.4, 0.5) is 10.1 Å². The van der Waals surface area contributed by atoms with Gasteiger partial charge in [0.05, 0.1) is 4.90 Å². The fourth-order valence-electron chi connectivity index (χ4n) is 1.90. The first-order valence-corrected chi connectivity index (χ1v) is 8.08. The van der Waals surface area contributed by atoms with Gasteiger partial charge in [0.2, 0.25) is 10.0 Å². The second-order valence-electron chi connectivity index (χ2n) is 5.68. The zero-order valence-corrected chi connectivity index (χ0v) is 13.5. The Balaban J connectivity index is 3.33. The van der Waals surface area contributed by atoms with Crippen molar-refractivity contribution < 1.29 is 12.8 Å². The molecule has 20 heavy (non-hydrogen) atoms. The third-order valence-electron chi connectivity index (χ3n) is 3.09. The highest BCUT2D eigenvalue weighted by Crippen LogP contribution is 2.25. The van der Waals surface area contributed by atoms with E-state index >= 15 is 0 Å². The predicted octanol–water partition coefficient (Wildman–Crippen LogP) is 2.77. The molecule has 0 saturated heterocycles. The van der Waals surface area contributed by atoms with E-state index < -0.39 is 15.8 Å². The molecule has 0 fully saturated rings. The number of benzene rings is 1. The van der Waals surface area contributed by atoms with Gasteiger partial charge < -0.3 is 5.73 Å². The lowest BCUT2D eigenvalue weighted by atomic mass is 10.2. The van der Waals surface area contributed by atoms with E-state index in [1.165, 1.54) is 17.3 Å². The summed E-state index contributed by atoms with van der Waals surface area (Å²) >= 11 is 0. The van der Waals surface area contributed by atoms with E-state index in [9.17, 15) is 12.8 Å². The van der Waals surface area contributed by atoms with Gasteiger partial charge in [-0.15, -0.1) is 0 Å². The maximum Gasteiger partial charge on any atom is 0.243 e. The topological polar surface area (TPSA) is 63.4 Å². The summed E-state index contributed by atoms with van der Waals surface area (Å²) in [5.74, 6) is -0.420. The van der Waals surface area contributed by atoms with Crippen LogP contribution >= 0.6 is 0 Å². The van der Waals surface area contributed by atoms with Crippen molar-refractivity contribution in [1.82, 2.24) is 4.31 Å². The molecule has 0 aliphatic carbocycles. The van der Waals surface area contributed by atoms with Crippen LogP contribution in [0.1, 0.15) is 33.3 Å². The minimum Gasteiger partial charge on any atom is -0.398 e. The zero-order valence-electron chi connectivity index (χ0n) is 12.6. The van der Waals surface area contributed by atoms with Gasteiger partial charge in [0.25, 0.3) is 0 Å². The molecule has 0 aliphatic rings. The molecule has 4 nitrogen and oxygen atoms in total. The molecule has 1 aromatic carbocycles. The van der Waals surface area contributed by atoms with Crippen LogP contribution in [0.25, 0.3) is 0 Å². The summed E-state index contributed by atoms with van der Waals surface area (Å²) in [4.78, 5) is -0.0903. The molecule has 0 unspecified atom stereocenters. The highest BCUT2D eigenvalue weighted by Gasteiger charge is 2.28. The van der Waals surface area contributed by atoms with Gasteiger partial charge in [0.15, 0.2) is 0 Å². The van der Waals surface area contributed by atoms with Crippen LogP contribution in [0.2, 0.25) is 0 Å². The monoisotopic (exact) mass is 302 g/mol. The van der Waals surface area contributed by atoms with Gasteiger partial charge in [-0.05, 0) is 38.8 Å². The maximum atomic E-state index is 13.7. The molecule has 0 amide bonds. The van der Waals surface area contributed by atoms with Crippen molar-refractivity contribution in [3.63, 3.8) is 0 Å². The first-order chi connectivity index (χ1) is 9.07. The number of hydrogen-bond donors (Lipinski definition) is 1. The summed E-state index contributed by atoms with van der Waals surface area (Å²) in [7, 11) is -3.74. The molecule has 0 heterocycles. The molecule has 1 rings (SSSR count). The van der Waals surface area contributed by atoms with E-state index in [0.29, 0.717) is 6.54 Å². The second kappa shape index (κ2) is 6.10. The van der Waals surface area contributed by atoms with E-state index in [0.717, 1.165) is 6.07 Å². The fourth-order valence-corrected chi connectivity index (χ4v) is 3.75. The molecule has 0 spiro atoms. The van der Waals surface area contributed by atoms with Crippen molar-refractivity contribution in [3.8, 4) is 0 Å². The van der Waals surface area contributed by atoms with Crippen LogP contribution in [0.15, 0.2) is 17.0 Å². The van der Waals surface area contributed by atoms with Crippen molar-refractivity contribution >= 4 is 15.7 Å². The van der Waals surface area contributed by atoms with E-state index in [2.05, 4.69) is 0 Å². The van der Waals surface area contributed by atoms with Crippen LogP contribution in [0, 0.1) is 18.7 Å². The van der Waals surface area contributed by atoms with Crippen LogP contribution in [-0.4, -0.2) is 25.3 Å². The standard InChI is InChI=1S/C14H23FN2O2S/c1-9(2)8-17(10(3)4)20(18,19)12-6-13(15)11(5)14(16)7-12/h6-7,9-10H,8,16H2,1-5H3. The predicted molar refractivity (Wildman–Crippen MR) is 79.4 cm³/mol. The minimum atomic E-state index is -3.74. The second-order valence-corrected chi connectivity index (χ2v) is 7.57. The van der Waals surface area contributed by atoms with Crippen LogP contribution in [-0.2, 0) is 10.0 Å². The minimum absolute atomic E-state index is 0.0903. The summed E-state index contributed by atoms with van der Waals surface area (Å²) < 4.78 is 40.4. The van der Waals surface area contributed by atoms with Crippen molar-refractivity contribution in [2.75, 3.05) is 12.3 Å². The van der Waals surface area contributed by atoms with Crippen molar-refractivity contribution in [2.24, 2.45) is 5.92 Å². The molecule has 0 aromatic heterocycles. The van der Waals surface area contributed by atoms with E-state index in [4.69, 9.17) is 5.73 Å². The Morgan fingerprint density at radius 2 is 1.80 bits per heavy atom. The molecule has 0 atom stereocenters. The third kappa shape index (κ3) is 3.49. The molecular formula is C14H23FN2O2S. The molecule has 6 heteroatoms. The number of nitrogens with zero attached hydrogens (tertiary/aromatic N) is 1. The molecule has 114 valence electrons. The van der Waals surface area contributed by atoms with Crippen molar-refractivity contribution in [3.05, 3.63) is 23.5 Å². The Kier molecular flexibility index (Phi) is 5.15. The summed E-state index contributed by atoms with van der Waals surface area (Å²) in [6, 6.07) is 2.16. The summed E-state index contributed by atoms with van der Waals surface area (Å²) in [5, 5.41) is 0. The zero-order chi connectivity index (χ0) is 15.7. The molecule has 0 bridgehead atoms. The van der Waals surface area contributed by atoms with Crippen molar-refractivity contribution in [1.29, 1.82) is 0 Å². The quantitative estimate of drug-likeness (QED) is 0.851. The Bertz CT molecular complexity index is 560. The summed E-state index contributed by atoms with van der Waals surface area (Å²) in [5.41, 5.74) is 6.09. The maximum absolute atomic E-state index is 13.7. The Hall–Kier alpha value is -1.14. The Labute approximate surface area is 120 Å². The number of nitrogens with two attached hydrogens (primary N) is 1. The third-order valence-corrected chi connectivity index (χ3v) is 5.11. The number of anilines is 1. The van der Waals surface area contributed by atoms with Gasteiger partial charge in [-0.2, -0.15) is 4.31 Å². The number of rotatable bonds is 5. The van der Waals surface area contributed by atoms with Crippen LogP contribution in [0.5, 0.6) is 0 Å². The lowest BCUT2D eigenvalue weighted by Gasteiger charge is -2.27. The first kappa shape index (κ1) is 16.9. The average Bonchev–Trinajstić information content (AvgIpc) is 2.31. The van der Waals surface area contributed by atoms with Gasteiger partial charge in [-0.3, -0.25) is 0 Å². The van der Waals surface area contributed by atoms with Crippen LogP contribution < -0.4 is 5.73 Å². The number of halogens is 1. The highest BCUT2D eigenvalue weighted by atomic mass is 32.2. The van der Waals surface area contributed by atoms with E-state index in [1.54, 1.807) is 13.8 Å². The van der Waals surface area contributed by atoms with E-state index in [-0.39, 0.29) is 28.1 Å². The summed E-state index contributed by atoms with van der Waals surface area (Å²) in [6.45, 7) is 9.39.